The van der Waals surface area contributed by atoms with Gasteiger partial charge in [0.2, 0.25) is 0 Å². The van der Waals surface area contributed by atoms with E-state index in [1.807, 2.05) is 0 Å². The molecule has 5 aliphatic rings. The number of hydrogen-bond acceptors (Lipinski definition) is 4. The third-order valence-electron chi connectivity index (χ3n) is 9.76. The Morgan fingerprint density at radius 2 is 1.44 bits per heavy atom. The molecule has 0 heterocycles. The van der Waals surface area contributed by atoms with Crippen LogP contribution in [0.4, 0.5) is 0 Å². The topological polar surface area (TPSA) is 52.6 Å². The quantitative estimate of drug-likeness (QED) is 0.674. The van der Waals surface area contributed by atoms with Gasteiger partial charge in [-0.05, 0) is 74.0 Å². The molecule has 0 N–H and O–H groups in total. The summed E-state index contributed by atoms with van der Waals surface area (Å²) in [5.74, 6) is 4.06. The van der Waals surface area contributed by atoms with Crippen LogP contribution in [0.1, 0.15) is 72.6 Å². The molecular weight excluding hydrogens is 340 g/mol. The van der Waals surface area contributed by atoms with E-state index >= 15 is 0 Å². The average molecular weight is 375 g/mol. The maximum atomic E-state index is 11.6. The summed E-state index contributed by atoms with van der Waals surface area (Å²) in [4.78, 5) is 23.0. The first-order valence-electron chi connectivity index (χ1n) is 11.1. The molecule has 5 saturated carbocycles. The van der Waals surface area contributed by atoms with Crippen molar-refractivity contribution in [3.63, 3.8) is 0 Å². The smallest absolute Gasteiger partial charge is 0.302 e. The Balaban J connectivity index is 1.35. The van der Waals surface area contributed by atoms with E-state index in [-0.39, 0.29) is 29.6 Å². The number of fused-ring (bicyclic) bond motifs is 7. The highest BCUT2D eigenvalue weighted by Crippen LogP contribution is 2.74. The minimum atomic E-state index is -0.118. The third kappa shape index (κ3) is 2.40. The van der Waals surface area contributed by atoms with Crippen molar-refractivity contribution in [3.05, 3.63) is 0 Å². The third-order valence-corrected chi connectivity index (χ3v) is 9.76. The monoisotopic (exact) mass is 374 g/mol. The van der Waals surface area contributed by atoms with Crippen molar-refractivity contribution < 1.29 is 19.1 Å². The SMILES string of the molecule is CC(=O)O[C@@H]1[C@H]2C[C@]3(C)[C@H]4CC[C@]5(C)[C@@H](OC(C)=O)CC[C@H]5[C@@H]4CC[C@H]3[C@H]21. The van der Waals surface area contributed by atoms with Gasteiger partial charge in [-0.2, -0.15) is 0 Å². The highest BCUT2D eigenvalue weighted by molar-refractivity contribution is 5.66. The van der Waals surface area contributed by atoms with Crippen LogP contribution in [0.2, 0.25) is 0 Å². The van der Waals surface area contributed by atoms with Gasteiger partial charge < -0.3 is 9.47 Å². The van der Waals surface area contributed by atoms with Gasteiger partial charge in [0.1, 0.15) is 12.2 Å². The summed E-state index contributed by atoms with van der Waals surface area (Å²) in [6, 6.07) is 0. The second kappa shape index (κ2) is 5.73. The molecule has 0 spiro atoms. The molecule has 4 nitrogen and oxygen atoms in total. The molecule has 5 fully saturated rings. The summed E-state index contributed by atoms with van der Waals surface area (Å²) in [6.07, 6.45) is 8.93. The summed E-state index contributed by atoms with van der Waals surface area (Å²) in [7, 11) is 0. The molecule has 0 aromatic carbocycles. The fourth-order valence-electron chi connectivity index (χ4n) is 8.78. The van der Waals surface area contributed by atoms with E-state index in [4.69, 9.17) is 9.47 Å². The fourth-order valence-corrected chi connectivity index (χ4v) is 8.78. The number of carbonyl (C=O) groups excluding carboxylic acids is 2. The van der Waals surface area contributed by atoms with E-state index in [0.29, 0.717) is 23.2 Å². The second-order valence-electron chi connectivity index (χ2n) is 10.8. The number of carbonyl (C=O) groups is 2. The summed E-state index contributed by atoms with van der Waals surface area (Å²) in [5.41, 5.74) is 0.605. The minimum absolute atomic E-state index is 0.110. The number of esters is 2. The molecule has 0 radical (unpaired) electrons. The van der Waals surface area contributed by atoms with Gasteiger partial charge in [-0.15, -0.1) is 0 Å². The summed E-state index contributed by atoms with van der Waals surface area (Å²) in [5, 5.41) is 0. The first kappa shape index (κ1) is 18.0. The lowest BCUT2D eigenvalue weighted by molar-refractivity contribution is -0.160. The molecule has 150 valence electrons. The van der Waals surface area contributed by atoms with Crippen LogP contribution in [-0.4, -0.2) is 24.1 Å². The van der Waals surface area contributed by atoms with E-state index in [9.17, 15) is 9.59 Å². The number of hydrogen-bond donors (Lipinski definition) is 0. The molecule has 5 aliphatic carbocycles. The Morgan fingerprint density at radius 3 is 2.15 bits per heavy atom. The van der Waals surface area contributed by atoms with Crippen LogP contribution in [-0.2, 0) is 19.1 Å². The number of ether oxygens (including phenoxy) is 2. The van der Waals surface area contributed by atoms with Gasteiger partial charge >= 0.3 is 11.9 Å². The Hall–Kier alpha value is -1.06. The lowest BCUT2D eigenvalue weighted by Crippen LogP contribution is -2.52. The molecule has 0 amide bonds. The van der Waals surface area contributed by atoms with Crippen molar-refractivity contribution in [2.24, 2.45) is 46.3 Å². The van der Waals surface area contributed by atoms with Crippen LogP contribution < -0.4 is 0 Å². The maximum absolute atomic E-state index is 11.6. The zero-order chi connectivity index (χ0) is 19.1. The largest absolute Gasteiger partial charge is 0.462 e. The Labute approximate surface area is 162 Å². The van der Waals surface area contributed by atoms with Gasteiger partial charge in [-0.25, -0.2) is 0 Å². The van der Waals surface area contributed by atoms with E-state index < -0.39 is 0 Å². The first-order chi connectivity index (χ1) is 12.8. The van der Waals surface area contributed by atoms with Crippen LogP contribution in [0.25, 0.3) is 0 Å². The van der Waals surface area contributed by atoms with Gasteiger partial charge in [0.15, 0.2) is 0 Å². The lowest BCUT2D eigenvalue weighted by atomic mass is 9.47. The van der Waals surface area contributed by atoms with Crippen molar-refractivity contribution in [1.82, 2.24) is 0 Å². The van der Waals surface area contributed by atoms with Crippen molar-refractivity contribution in [1.29, 1.82) is 0 Å². The molecule has 0 aromatic rings. The van der Waals surface area contributed by atoms with E-state index in [1.54, 1.807) is 13.8 Å². The van der Waals surface area contributed by atoms with Gasteiger partial charge in [-0.1, -0.05) is 13.8 Å². The fraction of sp³-hybridized carbons (Fsp3) is 0.913. The molecule has 27 heavy (non-hydrogen) atoms. The van der Waals surface area contributed by atoms with E-state index in [1.165, 1.54) is 38.5 Å². The Kier molecular flexibility index (Phi) is 3.82. The van der Waals surface area contributed by atoms with E-state index in [2.05, 4.69) is 13.8 Å². The molecule has 0 aliphatic heterocycles. The van der Waals surface area contributed by atoms with Crippen LogP contribution in [0.15, 0.2) is 0 Å². The van der Waals surface area contributed by atoms with Crippen molar-refractivity contribution in [3.8, 4) is 0 Å². The molecule has 5 rings (SSSR count). The van der Waals surface area contributed by atoms with Crippen LogP contribution in [0, 0.1) is 46.3 Å². The van der Waals surface area contributed by atoms with E-state index in [0.717, 1.165) is 24.2 Å². The Bertz CT molecular complexity index is 673. The zero-order valence-electron chi connectivity index (χ0n) is 17.2. The highest BCUT2D eigenvalue weighted by Gasteiger charge is 2.72. The molecule has 0 saturated heterocycles. The Morgan fingerprint density at radius 1 is 0.778 bits per heavy atom. The lowest BCUT2D eigenvalue weighted by Gasteiger charge is -2.58. The summed E-state index contributed by atoms with van der Waals surface area (Å²) in [6.45, 7) is 8.04. The summed E-state index contributed by atoms with van der Waals surface area (Å²) >= 11 is 0. The van der Waals surface area contributed by atoms with Crippen molar-refractivity contribution in [2.75, 3.05) is 0 Å². The van der Waals surface area contributed by atoms with Gasteiger partial charge in [0, 0.05) is 31.1 Å². The molecule has 0 bridgehead atoms. The molecule has 0 aromatic heterocycles. The maximum Gasteiger partial charge on any atom is 0.302 e. The van der Waals surface area contributed by atoms with Crippen LogP contribution in [0.3, 0.4) is 0 Å². The van der Waals surface area contributed by atoms with Gasteiger partial charge in [-0.3, -0.25) is 9.59 Å². The van der Waals surface area contributed by atoms with Crippen molar-refractivity contribution in [2.45, 2.75) is 84.8 Å². The normalized spacial score (nSPS) is 55.0. The van der Waals surface area contributed by atoms with Crippen LogP contribution >= 0.6 is 0 Å². The van der Waals surface area contributed by atoms with Crippen molar-refractivity contribution >= 4 is 11.9 Å². The average Bonchev–Trinajstić information content (AvgIpc) is 2.95. The standard InChI is InChI=1S/C23H34O4/c1-12(24)26-19-8-7-16-14-5-6-18-20-15(21(20)27-13(2)25)11-23(18,4)17(14)9-10-22(16,19)3/h14-21H,5-11H2,1-4H3/t14-,15-,16-,17-,18-,19-,20-,21+,22-,23+/m0/s1. The summed E-state index contributed by atoms with van der Waals surface area (Å²) < 4.78 is 11.4. The highest BCUT2D eigenvalue weighted by atomic mass is 16.6. The molecule has 0 unspecified atom stereocenters. The minimum Gasteiger partial charge on any atom is -0.462 e. The molecule has 4 heteroatoms. The van der Waals surface area contributed by atoms with Crippen LogP contribution in [0.5, 0.6) is 0 Å². The molecule has 10 atom stereocenters. The predicted molar refractivity (Wildman–Crippen MR) is 101 cm³/mol. The predicted octanol–water partition coefficient (Wildman–Crippen LogP) is 4.36. The molecular formula is C23H34O4. The zero-order valence-corrected chi connectivity index (χ0v) is 17.2. The first-order valence-corrected chi connectivity index (χ1v) is 11.1. The van der Waals surface area contributed by atoms with Gasteiger partial charge in [0.05, 0.1) is 0 Å². The second-order valence-corrected chi connectivity index (χ2v) is 10.8. The van der Waals surface area contributed by atoms with Gasteiger partial charge in [0.25, 0.3) is 0 Å². The number of rotatable bonds is 2.